The quantitative estimate of drug-likeness (QED) is 0.414. The second-order valence-electron chi connectivity index (χ2n) is 8.84. The highest BCUT2D eigenvalue weighted by molar-refractivity contribution is 5.65. The van der Waals surface area contributed by atoms with Gasteiger partial charge in [0.15, 0.2) is 0 Å². The molecule has 1 aliphatic carbocycles. The van der Waals surface area contributed by atoms with Crippen LogP contribution in [0.4, 0.5) is 0 Å². The molecule has 0 aromatic rings. The lowest BCUT2D eigenvalue weighted by molar-refractivity contribution is -0.141. The van der Waals surface area contributed by atoms with E-state index in [0.717, 1.165) is 38.5 Å². The summed E-state index contributed by atoms with van der Waals surface area (Å²) in [6.45, 7) is 10.7. The normalized spacial score (nSPS) is 42.7. The van der Waals surface area contributed by atoms with E-state index in [-0.39, 0.29) is 29.2 Å². The van der Waals surface area contributed by atoms with Gasteiger partial charge < -0.3 is 14.2 Å². The van der Waals surface area contributed by atoms with Crippen molar-refractivity contribution >= 4 is 5.97 Å². The third-order valence-electron chi connectivity index (χ3n) is 6.36. The highest BCUT2D eigenvalue weighted by Gasteiger charge is 2.52. The maximum absolute atomic E-state index is 11.2. The molecule has 26 heavy (non-hydrogen) atoms. The first kappa shape index (κ1) is 19.6. The van der Waals surface area contributed by atoms with Gasteiger partial charge in [-0.05, 0) is 59.3 Å². The van der Waals surface area contributed by atoms with Gasteiger partial charge in [0.1, 0.15) is 6.10 Å². The van der Waals surface area contributed by atoms with E-state index in [2.05, 4.69) is 39.8 Å². The molecule has 0 aromatic heterocycles. The zero-order chi connectivity index (χ0) is 18.9. The summed E-state index contributed by atoms with van der Waals surface area (Å²) in [7, 11) is 0. The first-order chi connectivity index (χ1) is 12.2. The molecule has 2 aliphatic heterocycles. The predicted octanol–water partition coefficient (Wildman–Crippen LogP) is 4.73. The fourth-order valence-electron chi connectivity index (χ4n) is 4.04. The van der Waals surface area contributed by atoms with Crippen molar-refractivity contribution in [1.29, 1.82) is 0 Å². The molecular weight excluding hydrogens is 328 g/mol. The molecule has 4 heteroatoms. The minimum absolute atomic E-state index is 0.00164. The number of esters is 1. The van der Waals surface area contributed by atoms with Crippen molar-refractivity contribution in [2.24, 2.45) is 5.92 Å². The number of fused-ring (bicyclic) bond motifs is 2. The molecule has 0 radical (unpaired) electrons. The summed E-state index contributed by atoms with van der Waals surface area (Å²) in [6.07, 6.45) is 11.5. The molecule has 4 nitrogen and oxygen atoms in total. The van der Waals surface area contributed by atoms with Crippen LogP contribution in [0.2, 0.25) is 0 Å². The zero-order valence-corrected chi connectivity index (χ0v) is 17.0. The summed E-state index contributed by atoms with van der Waals surface area (Å²) in [5.41, 5.74) is 2.75. The van der Waals surface area contributed by atoms with E-state index in [4.69, 9.17) is 14.2 Å². The topological polar surface area (TPSA) is 51.4 Å². The van der Waals surface area contributed by atoms with Gasteiger partial charge in [-0.3, -0.25) is 4.79 Å². The van der Waals surface area contributed by atoms with E-state index in [0.29, 0.717) is 12.7 Å². The minimum atomic E-state index is -0.217. The molecule has 0 saturated carbocycles. The molecule has 3 rings (SSSR count). The van der Waals surface area contributed by atoms with Gasteiger partial charge in [-0.2, -0.15) is 0 Å². The number of carbonyl (C=O) groups is 1. The summed E-state index contributed by atoms with van der Waals surface area (Å²) in [4.78, 5) is 11.2. The Morgan fingerprint density at radius 1 is 1.27 bits per heavy atom. The molecular formula is C22H34O4. The molecule has 0 spiro atoms. The van der Waals surface area contributed by atoms with Gasteiger partial charge in [0.25, 0.3) is 0 Å². The van der Waals surface area contributed by atoms with Crippen molar-refractivity contribution in [1.82, 2.24) is 0 Å². The Kier molecular flexibility index (Phi) is 5.64. The Balaban J connectivity index is 1.72. The Morgan fingerprint density at radius 2 is 2.04 bits per heavy atom. The van der Waals surface area contributed by atoms with Gasteiger partial charge in [0.2, 0.25) is 0 Å². The molecule has 2 heterocycles. The van der Waals surface area contributed by atoms with E-state index < -0.39 is 0 Å². The number of epoxide rings is 2. The molecule has 2 fully saturated rings. The first-order valence-corrected chi connectivity index (χ1v) is 10.1. The predicted molar refractivity (Wildman–Crippen MR) is 102 cm³/mol. The van der Waals surface area contributed by atoms with Crippen LogP contribution in [0.1, 0.15) is 73.1 Å². The summed E-state index contributed by atoms with van der Waals surface area (Å²) >= 11 is 0. The molecule has 0 amide bonds. The summed E-state index contributed by atoms with van der Waals surface area (Å²) < 4.78 is 17.3. The Labute approximate surface area is 158 Å². The van der Waals surface area contributed by atoms with Gasteiger partial charge in [0.05, 0.1) is 23.9 Å². The van der Waals surface area contributed by atoms with Crippen LogP contribution in [-0.2, 0) is 19.0 Å². The largest absolute Gasteiger partial charge is 0.465 e. The van der Waals surface area contributed by atoms with E-state index >= 15 is 0 Å². The van der Waals surface area contributed by atoms with Crippen LogP contribution in [0.15, 0.2) is 23.3 Å². The molecule has 3 aliphatic rings. The van der Waals surface area contributed by atoms with E-state index in [1.165, 1.54) is 18.1 Å². The van der Waals surface area contributed by atoms with Crippen molar-refractivity contribution in [3.8, 4) is 0 Å². The Morgan fingerprint density at radius 3 is 2.77 bits per heavy atom. The summed E-state index contributed by atoms with van der Waals surface area (Å²) in [5.74, 6) is -0.00578. The van der Waals surface area contributed by atoms with Gasteiger partial charge >= 0.3 is 5.97 Å². The average molecular weight is 363 g/mol. The molecule has 0 aromatic carbocycles. The molecule has 1 unspecified atom stereocenters. The zero-order valence-electron chi connectivity index (χ0n) is 17.0. The average Bonchev–Trinajstić information content (AvgIpc) is 3.42. The van der Waals surface area contributed by atoms with Crippen molar-refractivity contribution in [2.75, 3.05) is 6.61 Å². The molecule has 5 atom stereocenters. The van der Waals surface area contributed by atoms with E-state index in [1.54, 1.807) is 0 Å². The lowest BCUT2D eigenvalue weighted by Gasteiger charge is -2.18. The van der Waals surface area contributed by atoms with Crippen LogP contribution in [0.3, 0.4) is 0 Å². The van der Waals surface area contributed by atoms with Crippen molar-refractivity contribution in [2.45, 2.75) is 96.6 Å². The third kappa shape index (κ3) is 4.77. The fourth-order valence-corrected chi connectivity index (χ4v) is 4.04. The highest BCUT2D eigenvalue weighted by atomic mass is 16.6. The van der Waals surface area contributed by atoms with Gasteiger partial charge in [0, 0.05) is 12.8 Å². The van der Waals surface area contributed by atoms with Crippen molar-refractivity contribution < 1.29 is 19.0 Å². The lowest BCUT2D eigenvalue weighted by atomic mass is 9.88. The smallest absolute Gasteiger partial charge is 0.302 e. The number of rotatable bonds is 3. The standard InChI is InChI=1S/C22H34O4/c1-15-7-6-11-21(4)20(26-21)13-18(16(2)14-24-17(3)23)10-12-22(5)19(25-22)9-8-15/h7,13,16,19-20H,6,8-12,14H2,1-5H3/b15-7+,18-13+/t16?,19-,20+,21-,22-/m1/s1. The SMILES string of the molecule is CC(=O)OCC(C)/C1=C/[C@@H]2O[C@]2(C)CC/C=C(\C)CC[C@H]2O[C@]2(C)CC1. The van der Waals surface area contributed by atoms with Crippen LogP contribution >= 0.6 is 0 Å². The van der Waals surface area contributed by atoms with Crippen molar-refractivity contribution in [3.05, 3.63) is 23.3 Å². The van der Waals surface area contributed by atoms with Gasteiger partial charge in [-0.25, -0.2) is 0 Å². The van der Waals surface area contributed by atoms with Crippen LogP contribution in [0.25, 0.3) is 0 Å². The van der Waals surface area contributed by atoms with E-state index in [1.807, 2.05) is 0 Å². The summed E-state index contributed by atoms with van der Waals surface area (Å²) in [6, 6.07) is 0. The lowest BCUT2D eigenvalue weighted by Crippen LogP contribution is -2.17. The monoisotopic (exact) mass is 362 g/mol. The second-order valence-corrected chi connectivity index (χ2v) is 8.84. The fraction of sp³-hybridized carbons (Fsp3) is 0.773. The van der Waals surface area contributed by atoms with Gasteiger partial charge in [-0.15, -0.1) is 0 Å². The van der Waals surface area contributed by atoms with Gasteiger partial charge in [-0.1, -0.05) is 30.2 Å². The number of hydrogen-bond donors (Lipinski definition) is 0. The number of hydrogen-bond acceptors (Lipinski definition) is 4. The number of carbonyl (C=O) groups excluding carboxylic acids is 1. The number of allylic oxidation sites excluding steroid dienone is 2. The van der Waals surface area contributed by atoms with E-state index in [9.17, 15) is 4.79 Å². The molecule has 2 saturated heterocycles. The Hall–Kier alpha value is -1.13. The first-order valence-electron chi connectivity index (χ1n) is 10.1. The molecule has 146 valence electrons. The van der Waals surface area contributed by atoms with Crippen LogP contribution in [-0.4, -0.2) is 36.0 Å². The van der Waals surface area contributed by atoms with Crippen LogP contribution in [0, 0.1) is 5.92 Å². The highest BCUT2D eigenvalue weighted by Crippen LogP contribution is 2.46. The molecule has 0 bridgehead atoms. The summed E-state index contributed by atoms with van der Waals surface area (Å²) in [5, 5.41) is 0. The minimum Gasteiger partial charge on any atom is -0.465 e. The maximum atomic E-state index is 11.2. The Bertz CT molecular complexity index is 607. The molecule has 0 N–H and O–H groups in total. The van der Waals surface area contributed by atoms with Crippen LogP contribution < -0.4 is 0 Å². The van der Waals surface area contributed by atoms with Crippen molar-refractivity contribution in [3.63, 3.8) is 0 Å². The maximum Gasteiger partial charge on any atom is 0.302 e. The second kappa shape index (κ2) is 7.47. The number of ether oxygens (including phenoxy) is 3. The van der Waals surface area contributed by atoms with Crippen LogP contribution in [0.5, 0.6) is 0 Å². The third-order valence-corrected chi connectivity index (χ3v) is 6.36.